The number of rotatable bonds is 4. The van der Waals surface area contributed by atoms with Crippen molar-refractivity contribution < 1.29 is 19.4 Å². The quantitative estimate of drug-likeness (QED) is 0.566. The van der Waals surface area contributed by atoms with E-state index in [4.69, 9.17) is 9.84 Å². The van der Waals surface area contributed by atoms with Crippen LogP contribution in [0.3, 0.4) is 0 Å². The number of amides is 1. The summed E-state index contributed by atoms with van der Waals surface area (Å²) in [6, 6.07) is 17.6. The maximum atomic E-state index is 12.4. The van der Waals surface area contributed by atoms with Crippen molar-refractivity contribution in [2.45, 2.75) is 12.8 Å². The van der Waals surface area contributed by atoms with Crippen LogP contribution in [0.5, 0.6) is 0 Å². The van der Waals surface area contributed by atoms with Gasteiger partial charge in [0.1, 0.15) is 12.4 Å². The van der Waals surface area contributed by atoms with Gasteiger partial charge in [0.2, 0.25) is 0 Å². The minimum absolute atomic E-state index is 0.0410. The van der Waals surface area contributed by atoms with Gasteiger partial charge in [0.05, 0.1) is 15.7 Å². The largest absolute Gasteiger partial charge is 0.478 e. The molecule has 29 heavy (non-hydrogen) atoms. The Bertz CT molecular complexity index is 1080. The monoisotopic (exact) mass is 452 g/mol. The van der Waals surface area contributed by atoms with Crippen molar-refractivity contribution in [3.05, 3.63) is 81.5 Å². The number of aromatic nitrogens is 1. The van der Waals surface area contributed by atoms with Crippen molar-refractivity contribution in [2.24, 2.45) is 0 Å². The molecular formula is C22H17BrN2O4. The fourth-order valence-corrected chi connectivity index (χ4v) is 4.03. The van der Waals surface area contributed by atoms with E-state index in [9.17, 15) is 9.59 Å². The second-order valence-corrected chi connectivity index (χ2v) is 7.56. The lowest BCUT2D eigenvalue weighted by Crippen LogP contribution is -2.19. The molecule has 0 spiro atoms. The van der Waals surface area contributed by atoms with E-state index >= 15 is 0 Å². The van der Waals surface area contributed by atoms with Crippen LogP contribution < -0.4 is 5.32 Å². The Kier molecular flexibility index (Phi) is 5.07. The van der Waals surface area contributed by atoms with Crippen LogP contribution in [0.15, 0.2) is 59.1 Å². The first-order valence-electron chi connectivity index (χ1n) is 8.98. The highest BCUT2D eigenvalue weighted by Crippen LogP contribution is 2.44. The summed E-state index contributed by atoms with van der Waals surface area (Å²) in [5.74, 6) is -0.909. The maximum Gasteiger partial charge on any atom is 0.412 e. The number of ether oxygens (including phenoxy) is 1. The van der Waals surface area contributed by atoms with E-state index in [-0.39, 0.29) is 23.9 Å². The van der Waals surface area contributed by atoms with Gasteiger partial charge in [-0.05, 0) is 51.2 Å². The zero-order chi connectivity index (χ0) is 20.5. The molecule has 2 aromatic carbocycles. The van der Waals surface area contributed by atoms with E-state index in [2.05, 4.69) is 38.4 Å². The summed E-state index contributed by atoms with van der Waals surface area (Å²) in [7, 11) is 0. The third-order valence-electron chi connectivity index (χ3n) is 4.96. The molecule has 0 atom stereocenters. The Morgan fingerprint density at radius 3 is 2.28 bits per heavy atom. The predicted octanol–water partition coefficient (Wildman–Crippen LogP) is 5.21. The van der Waals surface area contributed by atoms with Crippen molar-refractivity contribution in [3.63, 3.8) is 0 Å². The van der Waals surface area contributed by atoms with Gasteiger partial charge >= 0.3 is 12.1 Å². The second kappa shape index (κ2) is 7.67. The molecule has 0 aliphatic heterocycles. The van der Waals surface area contributed by atoms with E-state index in [1.165, 1.54) is 6.07 Å². The van der Waals surface area contributed by atoms with Crippen LogP contribution in [-0.4, -0.2) is 28.8 Å². The second-order valence-electron chi connectivity index (χ2n) is 6.71. The van der Waals surface area contributed by atoms with Crippen molar-refractivity contribution in [3.8, 4) is 11.1 Å². The number of aryl methyl sites for hydroxylation is 1. The maximum absolute atomic E-state index is 12.4. The SMILES string of the molecule is Cc1nc(NC(=O)OCC2c3ccccc3-c3ccccc32)c(Br)cc1C(=O)O. The number of hydrogen-bond donors (Lipinski definition) is 2. The van der Waals surface area contributed by atoms with Crippen molar-refractivity contribution in [1.29, 1.82) is 0 Å². The molecule has 1 aliphatic carbocycles. The fourth-order valence-electron chi connectivity index (χ4n) is 3.62. The zero-order valence-corrected chi connectivity index (χ0v) is 17.1. The summed E-state index contributed by atoms with van der Waals surface area (Å²) in [6.45, 7) is 1.75. The minimum atomic E-state index is -1.08. The number of nitrogens with one attached hydrogen (secondary N) is 1. The third-order valence-corrected chi connectivity index (χ3v) is 5.57. The van der Waals surface area contributed by atoms with Gasteiger partial charge in [0, 0.05) is 5.92 Å². The van der Waals surface area contributed by atoms with Crippen molar-refractivity contribution in [2.75, 3.05) is 11.9 Å². The molecule has 0 fully saturated rings. The Morgan fingerprint density at radius 1 is 1.10 bits per heavy atom. The Hall–Kier alpha value is -3.19. The number of carboxylic acids is 1. The molecule has 0 bridgehead atoms. The standard InChI is InChI=1S/C22H17BrN2O4/c1-12-17(21(26)27)10-19(23)20(24-12)25-22(28)29-11-18-15-8-4-2-6-13(15)14-7-3-5-9-16(14)18/h2-10,18H,11H2,1H3,(H,26,27)(H,24,25,28). The van der Waals surface area contributed by atoms with Gasteiger partial charge in [-0.3, -0.25) is 5.32 Å². The summed E-state index contributed by atoms with van der Waals surface area (Å²) < 4.78 is 5.86. The molecule has 0 saturated carbocycles. The molecule has 1 aromatic heterocycles. The minimum Gasteiger partial charge on any atom is -0.478 e. The molecule has 0 saturated heterocycles. The van der Waals surface area contributed by atoms with Gasteiger partial charge in [-0.25, -0.2) is 14.6 Å². The van der Waals surface area contributed by atoms with Crippen LogP contribution in [0.1, 0.15) is 33.1 Å². The molecule has 0 unspecified atom stereocenters. The molecular weight excluding hydrogens is 436 g/mol. The molecule has 3 aromatic rings. The lowest BCUT2D eigenvalue weighted by Gasteiger charge is -2.15. The highest BCUT2D eigenvalue weighted by Gasteiger charge is 2.29. The number of anilines is 1. The molecule has 1 heterocycles. The summed E-state index contributed by atoms with van der Waals surface area (Å²) >= 11 is 3.24. The lowest BCUT2D eigenvalue weighted by atomic mass is 9.98. The Labute approximate surface area is 175 Å². The highest BCUT2D eigenvalue weighted by molar-refractivity contribution is 9.10. The first-order chi connectivity index (χ1) is 14.0. The number of halogens is 1. The Morgan fingerprint density at radius 2 is 1.69 bits per heavy atom. The summed E-state index contributed by atoms with van der Waals surface area (Å²) in [6.07, 6.45) is -0.650. The van der Waals surface area contributed by atoms with Gasteiger partial charge in [0.15, 0.2) is 0 Å². The molecule has 6 nitrogen and oxygen atoms in total. The number of hydrogen-bond acceptors (Lipinski definition) is 4. The zero-order valence-electron chi connectivity index (χ0n) is 15.5. The van der Waals surface area contributed by atoms with E-state index in [1.54, 1.807) is 6.92 Å². The molecule has 1 amide bonds. The van der Waals surface area contributed by atoms with Gasteiger partial charge in [-0.15, -0.1) is 0 Å². The number of nitrogens with zero attached hydrogens (tertiary/aromatic N) is 1. The van der Waals surface area contributed by atoms with E-state index in [1.807, 2.05) is 36.4 Å². The number of aromatic carboxylic acids is 1. The van der Waals surface area contributed by atoms with Crippen LogP contribution >= 0.6 is 15.9 Å². The Balaban J connectivity index is 1.50. The number of fused-ring (bicyclic) bond motifs is 3. The normalized spacial score (nSPS) is 12.2. The van der Waals surface area contributed by atoms with E-state index < -0.39 is 12.1 Å². The number of carbonyl (C=O) groups is 2. The topological polar surface area (TPSA) is 88.5 Å². The lowest BCUT2D eigenvalue weighted by molar-refractivity contribution is 0.0695. The number of pyridine rings is 1. The summed E-state index contributed by atoms with van der Waals surface area (Å²) in [4.78, 5) is 27.7. The van der Waals surface area contributed by atoms with Crippen LogP contribution in [0.25, 0.3) is 11.1 Å². The number of benzene rings is 2. The highest BCUT2D eigenvalue weighted by atomic mass is 79.9. The molecule has 7 heteroatoms. The van der Waals surface area contributed by atoms with Crippen LogP contribution in [-0.2, 0) is 4.74 Å². The van der Waals surface area contributed by atoms with Crippen LogP contribution in [0.2, 0.25) is 0 Å². The average molecular weight is 453 g/mol. The molecule has 0 radical (unpaired) electrons. The van der Waals surface area contributed by atoms with Gasteiger partial charge in [-0.2, -0.15) is 0 Å². The van der Waals surface area contributed by atoms with Gasteiger partial charge in [-0.1, -0.05) is 48.5 Å². The smallest absolute Gasteiger partial charge is 0.412 e. The van der Waals surface area contributed by atoms with Crippen molar-refractivity contribution in [1.82, 2.24) is 4.98 Å². The first-order valence-corrected chi connectivity index (χ1v) is 9.77. The van der Waals surface area contributed by atoms with Crippen LogP contribution in [0.4, 0.5) is 10.6 Å². The predicted molar refractivity (Wildman–Crippen MR) is 112 cm³/mol. The number of carbonyl (C=O) groups excluding carboxylic acids is 1. The van der Waals surface area contributed by atoms with Crippen molar-refractivity contribution >= 4 is 33.8 Å². The molecule has 146 valence electrons. The molecule has 2 N–H and O–H groups in total. The van der Waals surface area contributed by atoms with Gasteiger partial charge < -0.3 is 9.84 Å². The summed E-state index contributed by atoms with van der Waals surface area (Å²) in [5, 5.41) is 11.7. The van der Waals surface area contributed by atoms with Crippen LogP contribution in [0, 0.1) is 6.92 Å². The number of carboxylic acid groups (broad SMARTS) is 1. The van der Waals surface area contributed by atoms with E-state index in [0.29, 0.717) is 10.2 Å². The summed E-state index contributed by atoms with van der Waals surface area (Å²) in [5.41, 5.74) is 4.93. The van der Waals surface area contributed by atoms with Gasteiger partial charge in [0.25, 0.3) is 0 Å². The fraction of sp³-hybridized carbons (Fsp3) is 0.136. The third kappa shape index (κ3) is 3.61. The molecule has 4 rings (SSSR count). The molecule has 1 aliphatic rings. The van der Waals surface area contributed by atoms with E-state index in [0.717, 1.165) is 22.3 Å². The first kappa shape index (κ1) is 19.1. The average Bonchev–Trinajstić information content (AvgIpc) is 3.02.